The van der Waals surface area contributed by atoms with Crippen LogP contribution < -0.4 is 4.74 Å². The first-order valence-electron chi connectivity index (χ1n) is 5.65. The van der Waals surface area contributed by atoms with E-state index in [9.17, 15) is 9.18 Å². The fourth-order valence-corrected chi connectivity index (χ4v) is 4.29. The Kier molecular flexibility index (Phi) is 3.62. The van der Waals surface area contributed by atoms with E-state index in [0.29, 0.717) is 10.4 Å². The first kappa shape index (κ1) is 13.7. The molecule has 0 saturated carbocycles. The fraction of sp³-hybridized carbons (Fsp3) is 0.0714. The predicted octanol–water partition coefficient (Wildman–Crippen LogP) is 5.10. The molecule has 0 bridgehead atoms. The van der Waals surface area contributed by atoms with Gasteiger partial charge in [-0.15, -0.1) is 22.7 Å². The number of hydrogen-bond acceptors (Lipinski definition) is 4. The number of fused-ring (bicyclic) bond motifs is 1. The quantitative estimate of drug-likeness (QED) is 0.599. The van der Waals surface area contributed by atoms with Crippen molar-refractivity contribution >= 4 is 53.8 Å². The normalized spacial score (nSPS) is 10.9. The molecule has 2 aromatic heterocycles. The number of benzene rings is 1. The second-order valence-corrected chi connectivity index (χ2v) is 6.94. The lowest BCUT2D eigenvalue weighted by atomic mass is 10.1. The highest BCUT2D eigenvalue weighted by Crippen LogP contribution is 2.34. The van der Waals surface area contributed by atoms with Crippen LogP contribution >= 0.6 is 38.6 Å². The lowest BCUT2D eigenvalue weighted by Crippen LogP contribution is -2.03. The Hall–Kier alpha value is -1.24. The number of thiophene rings is 2. The molecule has 20 heavy (non-hydrogen) atoms. The van der Waals surface area contributed by atoms with Crippen molar-refractivity contribution < 1.29 is 13.9 Å². The topological polar surface area (TPSA) is 26.3 Å². The van der Waals surface area contributed by atoms with Gasteiger partial charge in [0.25, 0.3) is 0 Å². The van der Waals surface area contributed by atoms with Gasteiger partial charge in [-0.05, 0) is 39.5 Å². The number of hydrogen-bond donors (Lipinski definition) is 0. The summed E-state index contributed by atoms with van der Waals surface area (Å²) in [6, 6.07) is 6.53. The van der Waals surface area contributed by atoms with E-state index in [-0.39, 0.29) is 16.0 Å². The molecule has 0 aliphatic heterocycles. The lowest BCUT2D eigenvalue weighted by Gasteiger charge is -2.08. The molecule has 0 atom stereocenters. The Bertz CT molecular complexity index is 778. The molecular formula is C14H8BrFO2S2. The highest BCUT2D eigenvalue weighted by molar-refractivity contribution is 9.10. The third-order valence-corrected chi connectivity index (χ3v) is 5.55. The molecule has 0 aliphatic rings. The van der Waals surface area contributed by atoms with Gasteiger partial charge in [0.15, 0.2) is 0 Å². The van der Waals surface area contributed by atoms with Crippen LogP contribution in [0.25, 0.3) is 9.40 Å². The number of methoxy groups -OCH3 is 1. The summed E-state index contributed by atoms with van der Waals surface area (Å²) in [7, 11) is 1.42. The van der Waals surface area contributed by atoms with Gasteiger partial charge in [-0.3, -0.25) is 4.79 Å². The van der Waals surface area contributed by atoms with Crippen molar-refractivity contribution in [2.24, 2.45) is 0 Å². The van der Waals surface area contributed by atoms with E-state index in [1.165, 1.54) is 30.6 Å². The van der Waals surface area contributed by atoms with E-state index >= 15 is 0 Å². The molecule has 0 unspecified atom stereocenters. The van der Waals surface area contributed by atoms with Crippen LogP contribution in [0.15, 0.2) is 34.1 Å². The number of carbonyl (C=O) groups excluding carboxylic acids is 1. The van der Waals surface area contributed by atoms with Crippen LogP contribution in [-0.4, -0.2) is 12.9 Å². The van der Waals surface area contributed by atoms with Gasteiger partial charge in [0.1, 0.15) is 11.6 Å². The summed E-state index contributed by atoms with van der Waals surface area (Å²) in [6.45, 7) is 0. The number of ether oxygens (including phenoxy) is 1. The molecule has 0 N–H and O–H groups in total. The van der Waals surface area contributed by atoms with Crippen LogP contribution in [0.5, 0.6) is 5.75 Å². The van der Waals surface area contributed by atoms with Crippen LogP contribution in [0.2, 0.25) is 0 Å². The number of rotatable bonds is 3. The van der Waals surface area contributed by atoms with Crippen LogP contribution in [0, 0.1) is 5.82 Å². The smallest absolute Gasteiger partial charge is 0.206 e. The van der Waals surface area contributed by atoms with Crippen molar-refractivity contribution in [1.29, 1.82) is 0 Å². The zero-order valence-corrected chi connectivity index (χ0v) is 13.5. The van der Waals surface area contributed by atoms with E-state index in [0.717, 1.165) is 9.40 Å². The molecule has 0 saturated heterocycles. The second kappa shape index (κ2) is 5.27. The maximum atomic E-state index is 13.5. The predicted molar refractivity (Wildman–Crippen MR) is 83.8 cm³/mol. The van der Waals surface area contributed by atoms with E-state index in [1.807, 2.05) is 17.5 Å². The number of halogens is 2. The first-order valence-corrected chi connectivity index (χ1v) is 8.14. The molecule has 0 fully saturated rings. The third-order valence-electron chi connectivity index (χ3n) is 2.85. The van der Waals surface area contributed by atoms with Crippen LogP contribution in [0.4, 0.5) is 4.39 Å². The van der Waals surface area contributed by atoms with Gasteiger partial charge >= 0.3 is 0 Å². The van der Waals surface area contributed by atoms with Crippen molar-refractivity contribution in [3.8, 4) is 5.75 Å². The summed E-state index contributed by atoms with van der Waals surface area (Å²) in [5.41, 5.74) is 0.356. The van der Waals surface area contributed by atoms with Crippen molar-refractivity contribution in [3.63, 3.8) is 0 Å². The van der Waals surface area contributed by atoms with Gasteiger partial charge in [0, 0.05) is 15.5 Å². The van der Waals surface area contributed by atoms with Gasteiger partial charge in [-0.25, -0.2) is 4.39 Å². The zero-order chi connectivity index (χ0) is 14.3. The van der Waals surface area contributed by atoms with Gasteiger partial charge in [-0.1, -0.05) is 0 Å². The minimum atomic E-state index is -0.453. The molecule has 2 nitrogen and oxygen atoms in total. The molecule has 0 spiro atoms. The van der Waals surface area contributed by atoms with Gasteiger partial charge in [0.2, 0.25) is 5.78 Å². The van der Waals surface area contributed by atoms with Crippen LogP contribution in [-0.2, 0) is 0 Å². The van der Waals surface area contributed by atoms with E-state index in [1.54, 1.807) is 11.3 Å². The highest BCUT2D eigenvalue weighted by Gasteiger charge is 2.19. The molecule has 6 heteroatoms. The minimum absolute atomic E-state index is 0.157. The Morgan fingerprint density at radius 1 is 1.30 bits per heavy atom. The summed E-state index contributed by atoms with van der Waals surface area (Å²) in [5.74, 6) is -0.367. The molecule has 3 aromatic rings. The van der Waals surface area contributed by atoms with Crippen molar-refractivity contribution in [3.05, 3.63) is 50.4 Å². The average Bonchev–Trinajstić information content (AvgIpc) is 3.01. The molecule has 1 aromatic carbocycles. The molecule has 0 aliphatic carbocycles. The maximum Gasteiger partial charge on any atom is 0.206 e. The minimum Gasteiger partial charge on any atom is -0.496 e. The number of ketones is 1. The van der Waals surface area contributed by atoms with Gasteiger partial charge < -0.3 is 4.74 Å². The molecule has 102 valence electrons. The Morgan fingerprint density at radius 3 is 2.80 bits per heavy atom. The molecule has 0 radical (unpaired) electrons. The monoisotopic (exact) mass is 370 g/mol. The lowest BCUT2D eigenvalue weighted by molar-refractivity contribution is 0.103. The van der Waals surface area contributed by atoms with Crippen molar-refractivity contribution in [1.82, 2.24) is 0 Å². The second-order valence-electron chi connectivity index (χ2n) is 4.06. The first-order chi connectivity index (χ1) is 9.60. The standard InChI is InChI=1S/C14H8BrFO2S2/c1-18-10-5-9(16)8(15)4-7(10)14(17)13-6-12-11(20-13)2-3-19-12/h2-6H,1H3. The Labute approximate surface area is 130 Å². The molecule has 3 rings (SSSR count). The number of carbonyl (C=O) groups is 1. The van der Waals surface area contributed by atoms with Crippen molar-refractivity contribution in [2.75, 3.05) is 7.11 Å². The highest BCUT2D eigenvalue weighted by atomic mass is 79.9. The summed E-state index contributed by atoms with van der Waals surface area (Å²) in [6.07, 6.45) is 0. The summed E-state index contributed by atoms with van der Waals surface area (Å²) in [4.78, 5) is 13.2. The average molecular weight is 371 g/mol. The third kappa shape index (κ3) is 2.28. The maximum absolute atomic E-state index is 13.5. The SMILES string of the molecule is COc1cc(F)c(Br)cc1C(=O)c1cc2sccc2s1. The Morgan fingerprint density at radius 2 is 2.10 bits per heavy atom. The largest absolute Gasteiger partial charge is 0.496 e. The van der Waals surface area contributed by atoms with Crippen LogP contribution in [0.3, 0.4) is 0 Å². The van der Waals surface area contributed by atoms with Crippen molar-refractivity contribution in [2.45, 2.75) is 0 Å². The molecular weight excluding hydrogens is 363 g/mol. The summed E-state index contributed by atoms with van der Waals surface area (Å²) >= 11 is 6.13. The Balaban J connectivity index is 2.10. The molecule has 0 amide bonds. The summed E-state index contributed by atoms with van der Waals surface area (Å²) < 4.78 is 21.0. The molecule has 2 heterocycles. The van der Waals surface area contributed by atoms with E-state index in [2.05, 4.69) is 15.9 Å². The van der Waals surface area contributed by atoms with E-state index < -0.39 is 5.82 Å². The zero-order valence-electron chi connectivity index (χ0n) is 10.3. The van der Waals surface area contributed by atoms with Gasteiger partial charge in [0.05, 0.1) is 22.0 Å². The fourth-order valence-electron chi connectivity index (χ4n) is 1.89. The van der Waals surface area contributed by atoms with Gasteiger partial charge in [-0.2, -0.15) is 0 Å². The van der Waals surface area contributed by atoms with E-state index in [4.69, 9.17) is 4.74 Å². The van der Waals surface area contributed by atoms with Crippen LogP contribution in [0.1, 0.15) is 15.2 Å². The summed E-state index contributed by atoms with van der Waals surface area (Å²) in [5, 5.41) is 1.99.